The van der Waals surface area contributed by atoms with Crippen molar-refractivity contribution in [1.29, 1.82) is 0 Å². The van der Waals surface area contributed by atoms with E-state index in [-0.39, 0.29) is 25.2 Å². The maximum atomic E-state index is 11.0. The van der Waals surface area contributed by atoms with Crippen molar-refractivity contribution >= 4 is 23.4 Å². The molecule has 0 rings (SSSR count). The zero-order valence-electron chi connectivity index (χ0n) is 20.2. The molecule has 0 aromatic heterocycles. The van der Waals surface area contributed by atoms with Crippen LogP contribution in [0.3, 0.4) is 0 Å². The lowest BCUT2D eigenvalue weighted by atomic mass is 10.2. The largest absolute Gasteiger partial charge is 0.460 e. The van der Waals surface area contributed by atoms with E-state index in [9.17, 15) is 19.2 Å². The molecule has 31 heavy (non-hydrogen) atoms. The van der Waals surface area contributed by atoms with E-state index in [0.717, 1.165) is 32.2 Å². The molecule has 0 aliphatic carbocycles. The maximum Gasteiger partial charge on any atom is 0.374 e. The highest BCUT2D eigenvalue weighted by Crippen LogP contribution is 1.95. The van der Waals surface area contributed by atoms with Gasteiger partial charge in [-0.25, -0.2) is 4.79 Å². The summed E-state index contributed by atoms with van der Waals surface area (Å²) in [6, 6.07) is 0. The summed E-state index contributed by atoms with van der Waals surface area (Å²) < 4.78 is 4.41. The number of hydrogen-bond acceptors (Lipinski definition) is 6. The molecule has 7 nitrogen and oxygen atoms in total. The minimum Gasteiger partial charge on any atom is -0.460 e. The van der Waals surface area contributed by atoms with Gasteiger partial charge in [-0.1, -0.05) is 38.2 Å². The van der Waals surface area contributed by atoms with Crippen molar-refractivity contribution in [3.8, 4) is 0 Å². The summed E-state index contributed by atoms with van der Waals surface area (Å²) in [5.74, 6) is -1.96. The van der Waals surface area contributed by atoms with Gasteiger partial charge in [0, 0.05) is 19.4 Å². The van der Waals surface area contributed by atoms with E-state index in [1.165, 1.54) is 12.8 Å². The van der Waals surface area contributed by atoms with Crippen LogP contribution in [0.2, 0.25) is 0 Å². The predicted octanol–water partition coefficient (Wildman–Crippen LogP) is 4.05. The Morgan fingerprint density at radius 2 is 1.32 bits per heavy atom. The molecule has 0 fully saturated rings. The molecule has 0 saturated heterocycles. The summed E-state index contributed by atoms with van der Waals surface area (Å²) in [4.78, 5) is 42.7. The Kier molecular flexibility index (Phi) is 29.8. The van der Waals surface area contributed by atoms with Crippen molar-refractivity contribution in [1.82, 2.24) is 5.32 Å². The summed E-state index contributed by atoms with van der Waals surface area (Å²) in [7, 11) is 0. The average Bonchev–Trinajstić information content (AvgIpc) is 2.78. The average molecular weight is 441 g/mol. The number of carbonyl (C=O) groups excluding carboxylic acids is 4. The SMILES string of the molecule is C/C=C\CCCCN.C/C=C\CCCCNC(=O)C(=O)CC.CCOC(=O)C(=O)CC. The summed E-state index contributed by atoms with van der Waals surface area (Å²) in [6.45, 7) is 10.7. The quantitative estimate of drug-likeness (QED) is 0.182. The molecule has 0 saturated carbocycles. The fourth-order valence-electron chi connectivity index (χ4n) is 1.94. The summed E-state index contributed by atoms with van der Waals surface area (Å²) >= 11 is 0. The third kappa shape index (κ3) is 27.7. The third-order valence-corrected chi connectivity index (χ3v) is 3.78. The molecule has 0 aromatic carbocycles. The van der Waals surface area contributed by atoms with Gasteiger partial charge in [-0.15, -0.1) is 0 Å². The number of nitrogens with one attached hydrogen (secondary N) is 1. The van der Waals surface area contributed by atoms with Gasteiger partial charge >= 0.3 is 5.97 Å². The van der Waals surface area contributed by atoms with Crippen molar-refractivity contribution in [3.05, 3.63) is 24.3 Å². The zero-order valence-corrected chi connectivity index (χ0v) is 20.2. The first-order valence-electron chi connectivity index (χ1n) is 11.3. The first-order chi connectivity index (χ1) is 14.9. The second-order valence-electron chi connectivity index (χ2n) is 6.45. The fourth-order valence-corrected chi connectivity index (χ4v) is 1.94. The van der Waals surface area contributed by atoms with Gasteiger partial charge in [-0.05, 0) is 65.8 Å². The minimum absolute atomic E-state index is 0.221. The normalized spacial score (nSPS) is 10.0. The van der Waals surface area contributed by atoms with Crippen LogP contribution in [-0.2, 0) is 23.9 Å². The lowest BCUT2D eigenvalue weighted by Crippen LogP contribution is -2.31. The van der Waals surface area contributed by atoms with Gasteiger partial charge in [0.05, 0.1) is 6.61 Å². The Morgan fingerprint density at radius 3 is 1.74 bits per heavy atom. The van der Waals surface area contributed by atoms with Gasteiger partial charge in [0.2, 0.25) is 11.6 Å². The first kappa shape index (κ1) is 33.4. The van der Waals surface area contributed by atoms with Crippen LogP contribution in [0.5, 0.6) is 0 Å². The smallest absolute Gasteiger partial charge is 0.374 e. The van der Waals surface area contributed by atoms with Gasteiger partial charge in [0.15, 0.2) is 0 Å². The third-order valence-electron chi connectivity index (χ3n) is 3.78. The molecule has 7 heteroatoms. The van der Waals surface area contributed by atoms with Crippen LogP contribution in [0, 0.1) is 0 Å². The molecule has 0 aromatic rings. The summed E-state index contributed by atoms with van der Waals surface area (Å²) in [5, 5.41) is 2.60. The number of hydrogen-bond donors (Lipinski definition) is 2. The number of ether oxygens (including phenoxy) is 1. The van der Waals surface area contributed by atoms with Crippen molar-refractivity contribution < 1.29 is 23.9 Å². The number of rotatable bonds is 14. The Morgan fingerprint density at radius 1 is 0.806 bits per heavy atom. The molecule has 0 radical (unpaired) electrons. The van der Waals surface area contributed by atoms with Crippen LogP contribution in [0.25, 0.3) is 0 Å². The van der Waals surface area contributed by atoms with Crippen LogP contribution in [0.15, 0.2) is 24.3 Å². The predicted molar refractivity (Wildman–Crippen MR) is 127 cm³/mol. The van der Waals surface area contributed by atoms with Crippen LogP contribution in [0.4, 0.5) is 0 Å². The first-order valence-corrected chi connectivity index (χ1v) is 11.3. The molecular weight excluding hydrogens is 396 g/mol. The van der Waals surface area contributed by atoms with E-state index >= 15 is 0 Å². The van der Waals surface area contributed by atoms with Crippen molar-refractivity contribution in [3.63, 3.8) is 0 Å². The highest BCUT2D eigenvalue weighted by Gasteiger charge is 2.10. The van der Waals surface area contributed by atoms with E-state index in [2.05, 4.69) is 28.3 Å². The van der Waals surface area contributed by atoms with E-state index < -0.39 is 17.7 Å². The zero-order chi connectivity index (χ0) is 24.3. The second kappa shape index (κ2) is 27.7. The van der Waals surface area contributed by atoms with E-state index in [0.29, 0.717) is 6.54 Å². The van der Waals surface area contributed by atoms with Crippen LogP contribution in [-0.4, -0.2) is 43.1 Å². The highest BCUT2D eigenvalue weighted by atomic mass is 16.5. The lowest BCUT2D eigenvalue weighted by molar-refractivity contribution is -0.153. The molecular formula is C24H44N2O5. The van der Waals surface area contributed by atoms with Gasteiger partial charge in [0.25, 0.3) is 5.91 Å². The standard InChI is InChI=1S/C11H19NO2.C7H15N.C6H10O3/c1-3-5-6-7-8-9-12-11(14)10(13)4-2;1-2-3-4-5-6-7-8;1-3-5(7)6(8)9-4-2/h3,5H,4,6-9H2,1-2H3,(H,12,14);2-3H,4-8H2,1H3;3-4H2,1-2H3/b5-3-;3-2-;. The number of amides is 1. The highest BCUT2D eigenvalue weighted by molar-refractivity contribution is 6.36. The Bertz CT molecular complexity index is 528. The summed E-state index contributed by atoms with van der Waals surface area (Å²) in [6.07, 6.45) is 15.5. The number of unbranched alkanes of at least 4 members (excludes halogenated alkanes) is 4. The van der Waals surface area contributed by atoms with Crippen LogP contribution >= 0.6 is 0 Å². The number of carbonyl (C=O) groups is 4. The molecule has 0 aliphatic rings. The Labute approximate surface area is 188 Å². The van der Waals surface area contributed by atoms with Crippen LogP contribution < -0.4 is 11.1 Å². The molecule has 180 valence electrons. The Balaban J connectivity index is -0.000000401. The molecule has 0 spiro atoms. The molecule has 0 bridgehead atoms. The van der Waals surface area contributed by atoms with Crippen molar-refractivity contribution in [2.24, 2.45) is 5.73 Å². The summed E-state index contributed by atoms with van der Waals surface area (Å²) in [5.41, 5.74) is 5.29. The number of allylic oxidation sites excluding steroid dienone is 4. The fraction of sp³-hybridized carbons (Fsp3) is 0.667. The van der Waals surface area contributed by atoms with Gasteiger partial charge < -0.3 is 15.8 Å². The number of nitrogens with two attached hydrogens (primary N) is 1. The molecule has 0 unspecified atom stereocenters. The lowest BCUT2D eigenvalue weighted by Gasteiger charge is -2.01. The second-order valence-corrected chi connectivity index (χ2v) is 6.45. The molecule has 1 amide bonds. The number of Topliss-reactive ketones (excluding diaryl/α,β-unsaturated/α-hetero) is 2. The van der Waals surface area contributed by atoms with Crippen LogP contribution in [0.1, 0.15) is 86.0 Å². The van der Waals surface area contributed by atoms with Gasteiger partial charge in [-0.2, -0.15) is 0 Å². The molecule has 3 N–H and O–H groups in total. The molecule has 0 heterocycles. The van der Waals surface area contributed by atoms with Gasteiger partial charge in [0.1, 0.15) is 0 Å². The van der Waals surface area contributed by atoms with Crippen molar-refractivity contribution in [2.75, 3.05) is 19.7 Å². The van der Waals surface area contributed by atoms with Crippen molar-refractivity contribution in [2.45, 2.75) is 86.0 Å². The monoisotopic (exact) mass is 440 g/mol. The number of ketones is 2. The molecule has 0 aliphatic heterocycles. The van der Waals surface area contributed by atoms with E-state index in [1.54, 1.807) is 20.8 Å². The van der Waals surface area contributed by atoms with E-state index in [1.807, 2.05) is 19.9 Å². The van der Waals surface area contributed by atoms with E-state index in [4.69, 9.17) is 5.73 Å². The maximum absolute atomic E-state index is 11.0. The minimum atomic E-state index is -0.722. The van der Waals surface area contributed by atoms with Gasteiger partial charge in [-0.3, -0.25) is 14.4 Å². The topological polar surface area (TPSA) is 116 Å². The Hall–Kier alpha value is -2.28. The molecule has 0 atom stereocenters. The number of esters is 1.